The van der Waals surface area contributed by atoms with Gasteiger partial charge in [-0.2, -0.15) is 0 Å². The van der Waals surface area contributed by atoms with Crippen molar-refractivity contribution >= 4 is 22.6 Å². The van der Waals surface area contributed by atoms with E-state index in [1.807, 2.05) is 42.5 Å². The van der Waals surface area contributed by atoms with Crippen molar-refractivity contribution in [2.24, 2.45) is 0 Å². The van der Waals surface area contributed by atoms with Gasteiger partial charge >= 0.3 is 0 Å². The molecule has 0 unspecified atom stereocenters. The molecule has 30 heavy (non-hydrogen) atoms. The number of hydrogen-bond acceptors (Lipinski definition) is 4. The van der Waals surface area contributed by atoms with Crippen LogP contribution >= 0.6 is 0 Å². The van der Waals surface area contributed by atoms with Crippen LogP contribution in [-0.4, -0.2) is 65.8 Å². The Morgan fingerprint density at radius 1 is 0.633 bits per heavy atom. The summed E-state index contributed by atoms with van der Waals surface area (Å²) in [7, 11) is 0. The molecule has 0 bridgehead atoms. The first kappa shape index (κ1) is 19.0. The average molecular weight is 399 g/mol. The van der Waals surface area contributed by atoms with Gasteiger partial charge in [0.05, 0.1) is 0 Å². The Hall–Kier alpha value is -3.02. The van der Waals surface area contributed by atoms with Crippen molar-refractivity contribution in [2.45, 2.75) is 6.54 Å². The van der Waals surface area contributed by atoms with Gasteiger partial charge in [0.25, 0.3) is 11.8 Å². The van der Waals surface area contributed by atoms with Gasteiger partial charge in [-0.25, -0.2) is 0 Å². The minimum Gasteiger partial charge on any atom is -0.299 e. The number of hydrogen-bond donors (Lipinski definition) is 0. The highest BCUT2D eigenvalue weighted by Gasteiger charge is 2.32. The standard InChI is InChI=1S/C25H25N3O2/c29-24-21-10-4-8-20-9-5-11-22(23(20)21)25(30)28(24)17-16-26-12-14-27(15-13-26)18-19-6-2-1-3-7-19/h1-11H,12-18H2. The largest absolute Gasteiger partial charge is 0.299 e. The molecule has 1 fully saturated rings. The molecular formula is C25H25N3O2. The maximum absolute atomic E-state index is 13.0. The molecule has 2 aliphatic rings. The van der Waals surface area contributed by atoms with E-state index in [2.05, 4.69) is 34.1 Å². The molecule has 0 spiro atoms. The van der Waals surface area contributed by atoms with Crippen molar-refractivity contribution in [1.29, 1.82) is 0 Å². The fourth-order valence-corrected chi connectivity index (χ4v) is 4.54. The fourth-order valence-electron chi connectivity index (χ4n) is 4.54. The summed E-state index contributed by atoms with van der Waals surface area (Å²) in [6, 6.07) is 21.9. The van der Waals surface area contributed by atoms with Crippen molar-refractivity contribution in [3.8, 4) is 0 Å². The monoisotopic (exact) mass is 399 g/mol. The SMILES string of the molecule is O=C1c2cccc3cccc(c23)C(=O)N1CCN1CCN(Cc2ccccc2)CC1. The average Bonchev–Trinajstić information content (AvgIpc) is 2.79. The second kappa shape index (κ2) is 8.01. The van der Waals surface area contributed by atoms with Crippen molar-refractivity contribution in [2.75, 3.05) is 39.3 Å². The van der Waals surface area contributed by atoms with Gasteiger partial charge in [-0.1, -0.05) is 54.6 Å². The van der Waals surface area contributed by atoms with E-state index in [0.717, 1.165) is 50.0 Å². The Morgan fingerprint density at radius 2 is 1.23 bits per heavy atom. The van der Waals surface area contributed by atoms with Crippen molar-refractivity contribution in [3.63, 3.8) is 0 Å². The number of amides is 2. The summed E-state index contributed by atoms with van der Waals surface area (Å²) in [4.78, 5) is 32.3. The van der Waals surface area contributed by atoms with Gasteiger partial charge in [-0.15, -0.1) is 0 Å². The zero-order chi connectivity index (χ0) is 20.5. The fraction of sp³-hybridized carbons (Fsp3) is 0.280. The minimum atomic E-state index is -0.174. The maximum atomic E-state index is 13.0. The molecule has 0 saturated carbocycles. The first-order valence-corrected chi connectivity index (χ1v) is 10.6. The van der Waals surface area contributed by atoms with Crippen LogP contribution < -0.4 is 0 Å². The quantitative estimate of drug-likeness (QED) is 0.618. The van der Waals surface area contributed by atoms with Gasteiger partial charge in [-0.05, 0) is 23.1 Å². The van der Waals surface area contributed by atoms with E-state index in [1.54, 1.807) is 0 Å². The predicted octanol–water partition coefficient (Wildman–Crippen LogP) is 3.25. The summed E-state index contributed by atoms with van der Waals surface area (Å²) in [6.07, 6.45) is 0. The molecule has 0 radical (unpaired) electrons. The maximum Gasteiger partial charge on any atom is 0.261 e. The zero-order valence-corrected chi connectivity index (χ0v) is 17.0. The summed E-state index contributed by atoms with van der Waals surface area (Å²) in [5.41, 5.74) is 2.61. The van der Waals surface area contributed by atoms with Crippen LogP contribution in [0.2, 0.25) is 0 Å². The molecule has 5 rings (SSSR count). The number of carbonyl (C=O) groups excluding carboxylic acids is 2. The molecule has 2 amide bonds. The lowest BCUT2D eigenvalue weighted by Crippen LogP contribution is -2.50. The topological polar surface area (TPSA) is 43.9 Å². The molecule has 0 aromatic heterocycles. The Bertz CT molecular complexity index is 1040. The lowest BCUT2D eigenvalue weighted by molar-refractivity contribution is 0.0570. The predicted molar refractivity (Wildman–Crippen MR) is 117 cm³/mol. The Labute approximate surface area is 176 Å². The summed E-state index contributed by atoms with van der Waals surface area (Å²) in [5, 5.41) is 1.74. The number of imide groups is 1. The zero-order valence-electron chi connectivity index (χ0n) is 17.0. The molecule has 152 valence electrons. The highest BCUT2D eigenvalue weighted by atomic mass is 16.2. The first-order chi connectivity index (χ1) is 14.7. The van der Waals surface area contributed by atoms with Gasteiger partial charge in [-0.3, -0.25) is 24.3 Å². The van der Waals surface area contributed by atoms with Crippen LogP contribution in [0.15, 0.2) is 66.7 Å². The van der Waals surface area contributed by atoms with Crippen molar-refractivity contribution in [1.82, 2.24) is 14.7 Å². The molecule has 5 heteroatoms. The Morgan fingerprint density at radius 3 is 1.87 bits per heavy atom. The molecule has 3 aromatic carbocycles. The van der Waals surface area contributed by atoms with Crippen LogP contribution in [-0.2, 0) is 6.54 Å². The van der Waals surface area contributed by atoms with Crippen LogP contribution in [0.3, 0.4) is 0 Å². The Kier molecular flexibility index (Phi) is 5.07. The highest BCUT2D eigenvalue weighted by molar-refractivity contribution is 6.25. The van der Waals surface area contributed by atoms with E-state index in [1.165, 1.54) is 10.5 Å². The second-order valence-corrected chi connectivity index (χ2v) is 8.07. The van der Waals surface area contributed by atoms with Crippen LogP contribution in [0.1, 0.15) is 26.3 Å². The molecule has 3 aromatic rings. The van der Waals surface area contributed by atoms with E-state index in [-0.39, 0.29) is 11.8 Å². The first-order valence-electron chi connectivity index (χ1n) is 10.6. The van der Waals surface area contributed by atoms with Gasteiger partial charge < -0.3 is 0 Å². The van der Waals surface area contributed by atoms with Gasteiger partial charge in [0.15, 0.2) is 0 Å². The molecule has 2 aliphatic heterocycles. The molecule has 0 atom stereocenters. The molecule has 0 aliphatic carbocycles. The number of piperazine rings is 1. The van der Waals surface area contributed by atoms with E-state index < -0.39 is 0 Å². The molecule has 2 heterocycles. The van der Waals surface area contributed by atoms with E-state index >= 15 is 0 Å². The molecular weight excluding hydrogens is 374 g/mol. The van der Waals surface area contributed by atoms with Gasteiger partial charge in [0.2, 0.25) is 0 Å². The number of nitrogens with zero attached hydrogens (tertiary/aromatic N) is 3. The van der Waals surface area contributed by atoms with E-state index in [0.29, 0.717) is 17.7 Å². The number of benzene rings is 3. The lowest BCUT2D eigenvalue weighted by Gasteiger charge is -2.36. The van der Waals surface area contributed by atoms with Crippen LogP contribution in [0, 0.1) is 0 Å². The van der Waals surface area contributed by atoms with Crippen LogP contribution in [0.25, 0.3) is 10.8 Å². The third-order valence-electron chi connectivity index (χ3n) is 6.21. The molecule has 1 saturated heterocycles. The van der Waals surface area contributed by atoms with Gasteiger partial charge in [0.1, 0.15) is 0 Å². The number of rotatable bonds is 5. The Balaban J connectivity index is 1.21. The third-order valence-corrected chi connectivity index (χ3v) is 6.21. The van der Waals surface area contributed by atoms with Crippen molar-refractivity contribution in [3.05, 3.63) is 83.4 Å². The number of carbonyl (C=O) groups is 2. The summed E-state index contributed by atoms with van der Waals surface area (Å²) in [6.45, 7) is 6.02. The molecule has 0 N–H and O–H groups in total. The lowest BCUT2D eigenvalue weighted by atomic mass is 9.94. The normalized spacial score (nSPS) is 17.7. The third kappa shape index (κ3) is 3.51. The van der Waals surface area contributed by atoms with Crippen LogP contribution in [0.4, 0.5) is 0 Å². The van der Waals surface area contributed by atoms with Gasteiger partial charge in [0, 0.05) is 62.3 Å². The summed E-state index contributed by atoms with van der Waals surface area (Å²) >= 11 is 0. The smallest absolute Gasteiger partial charge is 0.261 e. The van der Waals surface area contributed by atoms with Crippen LogP contribution in [0.5, 0.6) is 0 Å². The highest BCUT2D eigenvalue weighted by Crippen LogP contribution is 2.29. The summed E-state index contributed by atoms with van der Waals surface area (Å²) in [5.74, 6) is -0.348. The van der Waals surface area contributed by atoms with Crippen molar-refractivity contribution < 1.29 is 9.59 Å². The summed E-state index contributed by atoms with van der Waals surface area (Å²) < 4.78 is 0. The van der Waals surface area contributed by atoms with E-state index in [9.17, 15) is 9.59 Å². The minimum absolute atomic E-state index is 0.174. The van der Waals surface area contributed by atoms with E-state index in [4.69, 9.17) is 0 Å². The second-order valence-electron chi connectivity index (χ2n) is 8.07. The molecule has 5 nitrogen and oxygen atoms in total.